The highest BCUT2D eigenvalue weighted by Crippen LogP contribution is 2.41. The number of fused-ring (bicyclic) bond motifs is 1. The van der Waals surface area contributed by atoms with Crippen LogP contribution in [0.4, 0.5) is 8.78 Å². The summed E-state index contributed by atoms with van der Waals surface area (Å²) in [7, 11) is 0. The Morgan fingerprint density at radius 3 is 2.59 bits per heavy atom. The monoisotopic (exact) mass is 419 g/mol. The second-order valence-corrected chi connectivity index (χ2v) is 8.43. The molecule has 2 aliphatic rings. The van der Waals surface area contributed by atoms with Gasteiger partial charge in [-0.3, -0.25) is 4.79 Å². The van der Waals surface area contributed by atoms with Crippen molar-refractivity contribution in [1.82, 2.24) is 5.32 Å². The second-order valence-electron chi connectivity index (χ2n) is 8.00. The number of hydrogen-bond acceptors (Lipinski definition) is 2. The number of nitrogens with one attached hydrogen (secondary N) is 1. The van der Waals surface area contributed by atoms with E-state index < -0.39 is 11.6 Å². The van der Waals surface area contributed by atoms with E-state index >= 15 is 0 Å². The van der Waals surface area contributed by atoms with Crippen molar-refractivity contribution < 1.29 is 18.3 Å². The van der Waals surface area contributed by atoms with Crippen LogP contribution in [0.25, 0.3) is 0 Å². The minimum atomic E-state index is -0.875. The first-order valence-corrected chi connectivity index (χ1v) is 10.5. The molecule has 2 aromatic carbocycles. The minimum absolute atomic E-state index is 0.0245. The third kappa shape index (κ3) is 4.78. The van der Waals surface area contributed by atoms with Crippen LogP contribution < -0.4 is 5.32 Å². The average molecular weight is 420 g/mol. The summed E-state index contributed by atoms with van der Waals surface area (Å²) in [6.45, 7) is 0. The molecule has 0 aromatic heterocycles. The summed E-state index contributed by atoms with van der Waals surface area (Å²) in [6.07, 6.45) is 4.62. The van der Waals surface area contributed by atoms with Crippen LogP contribution in [0.1, 0.15) is 49.3 Å². The number of amides is 1. The van der Waals surface area contributed by atoms with Crippen LogP contribution in [0.2, 0.25) is 5.02 Å². The molecule has 1 saturated heterocycles. The van der Waals surface area contributed by atoms with Crippen LogP contribution in [0.3, 0.4) is 0 Å². The van der Waals surface area contributed by atoms with Crippen LogP contribution in [0.5, 0.6) is 0 Å². The van der Waals surface area contributed by atoms with Crippen molar-refractivity contribution in [1.29, 1.82) is 0 Å². The molecule has 1 saturated carbocycles. The highest BCUT2D eigenvalue weighted by molar-refractivity contribution is 6.30. The molecule has 154 valence electrons. The Kier molecular flexibility index (Phi) is 6.16. The molecule has 1 N–H and O–H groups in total. The van der Waals surface area contributed by atoms with Crippen molar-refractivity contribution in [3.63, 3.8) is 0 Å². The van der Waals surface area contributed by atoms with Crippen molar-refractivity contribution in [2.24, 2.45) is 5.92 Å². The van der Waals surface area contributed by atoms with Crippen molar-refractivity contribution in [2.45, 2.75) is 56.8 Å². The standard InChI is InChI=1S/C23H24ClF2NO2/c24-16-8-5-14(6-9-16)11-23(28)27-20-13-22(15-7-10-18(25)19(26)12-15)29-21-4-2-1-3-17(20)21/h5-10,12,17,20-22H,1-4,11,13H2,(H,27,28)/t17-,20+,21+,22+/m1/s1. The zero-order valence-corrected chi connectivity index (χ0v) is 16.8. The molecular formula is C23H24ClF2NO2. The maximum absolute atomic E-state index is 13.7. The van der Waals surface area contributed by atoms with Gasteiger partial charge in [0.2, 0.25) is 5.91 Å². The molecule has 3 nitrogen and oxygen atoms in total. The topological polar surface area (TPSA) is 38.3 Å². The molecule has 29 heavy (non-hydrogen) atoms. The SMILES string of the molecule is O=C(Cc1ccc(Cl)cc1)N[C@H]1C[C@@H](c2ccc(F)c(F)c2)O[C@H]2CCCC[C@H]12. The molecule has 1 heterocycles. The number of hydrogen-bond donors (Lipinski definition) is 1. The van der Waals surface area contributed by atoms with Gasteiger partial charge in [-0.25, -0.2) is 8.78 Å². The molecule has 1 aliphatic carbocycles. The molecule has 2 aromatic rings. The van der Waals surface area contributed by atoms with Gasteiger partial charge in [0.05, 0.1) is 18.6 Å². The van der Waals surface area contributed by atoms with Crippen LogP contribution in [-0.4, -0.2) is 18.1 Å². The minimum Gasteiger partial charge on any atom is -0.370 e. The van der Waals surface area contributed by atoms with Crippen molar-refractivity contribution in [3.8, 4) is 0 Å². The van der Waals surface area contributed by atoms with E-state index in [4.69, 9.17) is 16.3 Å². The number of carbonyl (C=O) groups is 1. The van der Waals surface area contributed by atoms with E-state index in [9.17, 15) is 13.6 Å². The van der Waals surface area contributed by atoms with Gasteiger partial charge in [0.1, 0.15) is 0 Å². The maximum Gasteiger partial charge on any atom is 0.224 e. The summed E-state index contributed by atoms with van der Waals surface area (Å²) in [5, 5.41) is 3.82. The van der Waals surface area contributed by atoms with E-state index in [2.05, 4.69) is 5.32 Å². The van der Waals surface area contributed by atoms with Crippen LogP contribution in [0, 0.1) is 17.6 Å². The predicted octanol–water partition coefficient (Wildman–Crippen LogP) is 5.37. The molecule has 1 amide bonds. The number of ether oxygens (including phenoxy) is 1. The third-order valence-corrected chi connectivity index (χ3v) is 6.27. The van der Waals surface area contributed by atoms with Crippen LogP contribution >= 0.6 is 11.6 Å². The van der Waals surface area contributed by atoms with Crippen molar-refractivity contribution >= 4 is 17.5 Å². The Labute approximate surface area is 174 Å². The van der Waals surface area contributed by atoms with E-state index in [1.807, 2.05) is 12.1 Å². The van der Waals surface area contributed by atoms with Gasteiger partial charge in [-0.15, -0.1) is 0 Å². The molecule has 4 rings (SSSR count). The summed E-state index contributed by atoms with van der Waals surface area (Å²) in [5.74, 6) is -1.54. The number of halogens is 3. The Morgan fingerprint density at radius 2 is 1.83 bits per heavy atom. The summed E-state index contributed by atoms with van der Waals surface area (Å²) in [6, 6.07) is 11.1. The third-order valence-electron chi connectivity index (χ3n) is 6.02. The fraction of sp³-hybridized carbons (Fsp3) is 0.435. The summed E-state index contributed by atoms with van der Waals surface area (Å²) >= 11 is 5.91. The Hall–Kier alpha value is -1.98. The highest BCUT2D eigenvalue weighted by Gasteiger charge is 2.41. The zero-order chi connectivity index (χ0) is 20.4. The van der Waals surface area contributed by atoms with Gasteiger partial charge >= 0.3 is 0 Å². The van der Waals surface area contributed by atoms with Crippen LogP contribution in [-0.2, 0) is 16.0 Å². The van der Waals surface area contributed by atoms with E-state index in [0.29, 0.717) is 17.0 Å². The van der Waals surface area contributed by atoms with E-state index in [1.54, 1.807) is 18.2 Å². The number of benzene rings is 2. The van der Waals surface area contributed by atoms with Crippen molar-refractivity contribution in [2.75, 3.05) is 0 Å². The normalized spacial score (nSPS) is 26.6. The maximum atomic E-state index is 13.7. The van der Waals surface area contributed by atoms with Gasteiger partial charge in [0.25, 0.3) is 0 Å². The van der Waals surface area contributed by atoms with Gasteiger partial charge in [0, 0.05) is 17.0 Å². The molecule has 0 unspecified atom stereocenters. The molecule has 0 bridgehead atoms. The largest absolute Gasteiger partial charge is 0.370 e. The lowest BCUT2D eigenvalue weighted by molar-refractivity contribution is -0.132. The molecule has 1 aliphatic heterocycles. The van der Waals surface area contributed by atoms with Gasteiger partial charge in [-0.05, 0) is 54.7 Å². The Morgan fingerprint density at radius 1 is 1.07 bits per heavy atom. The smallest absolute Gasteiger partial charge is 0.224 e. The highest BCUT2D eigenvalue weighted by atomic mass is 35.5. The molecule has 4 atom stereocenters. The Bertz CT molecular complexity index is 874. The van der Waals surface area contributed by atoms with E-state index in [0.717, 1.165) is 37.3 Å². The first-order chi connectivity index (χ1) is 14.0. The van der Waals surface area contributed by atoms with Gasteiger partial charge in [-0.2, -0.15) is 0 Å². The summed E-state index contributed by atoms with van der Waals surface area (Å²) < 4.78 is 33.3. The summed E-state index contributed by atoms with van der Waals surface area (Å²) in [4.78, 5) is 12.7. The van der Waals surface area contributed by atoms with Gasteiger partial charge in [0.15, 0.2) is 11.6 Å². The lowest BCUT2D eigenvalue weighted by atomic mass is 9.76. The molecule has 2 fully saturated rings. The number of carbonyl (C=O) groups excluding carboxylic acids is 1. The number of rotatable bonds is 4. The first kappa shape index (κ1) is 20.3. The fourth-order valence-electron chi connectivity index (χ4n) is 4.57. The van der Waals surface area contributed by atoms with E-state index in [1.165, 1.54) is 6.07 Å². The molecule has 0 spiro atoms. The van der Waals surface area contributed by atoms with Crippen molar-refractivity contribution in [3.05, 3.63) is 70.2 Å². The fourth-order valence-corrected chi connectivity index (χ4v) is 4.69. The molecule has 6 heteroatoms. The predicted molar refractivity (Wildman–Crippen MR) is 108 cm³/mol. The second kappa shape index (κ2) is 8.80. The lowest BCUT2D eigenvalue weighted by Gasteiger charge is -2.45. The summed E-state index contributed by atoms with van der Waals surface area (Å²) in [5.41, 5.74) is 1.51. The first-order valence-electron chi connectivity index (χ1n) is 10.1. The Balaban J connectivity index is 1.49. The molecule has 0 radical (unpaired) electrons. The van der Waals surface area contributed by atoms with Gasteiger partial charge < -0.3 is 10.1 Å². The quantitative estimate of drug-likeness (QED) is 0.723. The molecular weight excluding hydrogens is 396 g/mol. The van der Waals surface area contributed by atoms with Gasteiger partial charge in [-0.1, -0.05) is 42.6 Å². The van der Waals surface area contributed by atoms with Crippen LogP contribution in [0.15, 0.2) is 42.5 Å². The lowest BCUT2D eigenvalue weighted by Crippen LogP contribution is -2.51. The zero-order valence-electron chi connectivity index (χ0n) is 16.0. The van der Waals surface area contributed by atoms with E-state index in [-0.39, 0.29) is 36.5 Å². The average Bonchev–Trinajstić information content (AvgIpc) is 2.71.